The standard InChI is InChI=1S/C16H17NO5S/c1-17(10-12-3-8-15-16(9-12)22-11-21-15)23(18,19)14-6-4-13(20-2)5-7-14/h3-9H,10-11H2,1-2H3. The lowest BCUT2D eigenvalue weighted by molar-refractivity contribution is 0.174. The maximum Gasteiger partial charge on any atom is 0.243 e. The van der Waals surface area contributed by atoms with Crippen molar-refractivity contribution in [1.82, 2.24) is 4.31 Å². The molecule has 0 N–H and O–H groups in total. The van der Waals surface area contributed by atoms with E-state index in [1.807, 2.05) is 6.07 Å². The third kappa shape index (κ3) is 3.11. The molecule has 23 heavy (non-hydrogen) atoms. The average molecular weight is 335 g/mol. The summed E-state index contributed by atoms with van der Waals surface area (Å²) in [5, 5.41) is 0. The predicted molar refractivity (Wildman–Crippen MR) is 84.2 cm³/mol. The molecule has 1 heterocycles. The average Bonchev–Trinajstić information content (AvgIpc) is 3.02. The van der Waals surface area contributed by atoms with E-state index in [4.69, 9.17) is 14.2 Å². The van der Waals surface area contributed by atoms with Crippen molar-refractivity contribution in [3.63, 3.8) is 0 Å². The molecular weight excluding hydrogens is 318 g/mol. The first-order valence-corrected chi connectivity index (χ1v) is 8.43. The van der Waals surface area contributed by atoms with Crippen molar-refractivity contribution in [2.75, 3.05) is 21.0 Å². The molecule has 2 aromatic rings. The second kappa shape index (κ2) is 6.10. The number of methoxy groups -OCH3 is 1. The van der Waals surface area contributed by atoms with Crippen molar-refractivity contribution in [2.45, 2.75) is 11.4 Å². The van der Waals surface area contributed by atoms with E-state index in [2.05, 4.69) is 0 Å². The van der Waals surface area contributed by atoms with Gasteiger partial charge in [0, 0.05) is 13.6 Å². The van der Waals surface area contributed by atoms with Gasteiger partial charge in [-0.1, -0.05) is 6.07 Å². The van der Waals surface area contributed by atoms with Crippen molar-refractivity contribution >= 4 is 10.0 Å². The molecule has 0 saturated carbocycles. The zero-order chi connectivity index (χ0) is 16.4. The fourth-order valence-corrected chi connectivity index (χ4v) is 3.47. The van der Waals surface area contributed by atoms with Gasteiger partial charge in [0.1, 0.15) is 5.75 Å². The van der Waals surface area contributed by atoms with Gasteiger partial charge in [0.05, 0.1) is 12.0 Å². The number of ether oxygens (including phenoxy) is 3. The Morgan fingerprint density at radius 1 is 1.09 bits per heavy atom. The molecule has 0 atom stereocenters. The summed E-state index contributed by atoms with van der Waals surface area (Å²) in [4.78, 5) is 0.224. The van der Waals surface area contributed by atoms with E-state index >= 15 is 0 Å². The van der Waals surface area contributed by atoms with Crippen LogP contribution in [0.25, 0.3) is 0 Å². The van der Waals surface area contributed by atoms with Crippen LogP contribution in [0.2, 0.25) is 0 Å². The van der Waals surface area contributed by atoms with Gasteiger partial charge in [0.2, 0.25) is 16.8 Å². The normalized spacial score (nSPS) is 13.3. The van der Waals surface area contributed by atoms with Crippen LogP contribution in [-0.4, -0.2) is 33.7 Å². The molecule has 0 aliphatic carbocycles. The highest BCUT2D eigenvalue weighted by Gasteiger charge is 2.22. The van der Waals surface area contributed by atoms with Gasteiger partial charge >= 0.3 is 0 Å². The molecule has 0 radical (unpaired) electrons. The second-order valence-corrected chi connectivity index (χ2v) is 7.17. The lowest BCUT2D eigenvalue weighted by Crippen LogP contribution is -2.26. The molecule has 2 aromatic carbocycles. The number of sulfonamides is 1. The van der Waals surface area contributed by atoms with Crippen LogP contribution in [0.1, 0.15) is 5.56 Å². The maximum absolute atomic E-state index is 12.6. The van der Waals surface area contributed by atoms with Gasteiger partial charge in [0.25, 0.3) is 0 Å². The first-order chi connectivity index (χ1) is 11.0. The van der Waals surface area contributed by atoms with E-state index < -0.39 is 10.0 Å². The minimum absolute atomic E-state index is 0.193. The van der Waals surface area contributed by atoms with Crippen LogP contribution in [0.5, 0.6) is 17.2 Å². The summed E-state index contributed by atoms with van der Waals surface area (Å²) in [7, 11) is -0.488. The molecule has 7 heteroatoms. The van der Waals surface area contributed by atoms with E-state index in [0.717, 1.165) is 5.56 Å². The van der Waals surface area contributed by atoms with Gasteiger partial charge in [-0.3, -0.25) is 0 Å². The Bertz CT molecular complexity index is 802. The molecule has 6 nitrogen and oxygen atoms in total. The second-order valence-electron chi connectivity index (χ2n) is 5.12. The van der Waals surface area contributed by atoms with Crippen LogP contribution in [0.15, 0.2) is 47.4 Å². The summed E-state index contributed by atoms with van der Waals surface area (Å²) in [5.74, 6) is 1.93. The summed E-state index contributed by atoms with van der Waals surface area (Å²) in [5.41, 5.74) is 0.828. The van der Waals surface area contributed by atoms with Crippen LogP contribution < -0.4 is 14.2 Å². The minimum atomic E-state index is -3.57. The van der Waals surface area contributed by atoms with Gasteiger partial charge < -0.3 is 14.2 Å². The van der Waals surface area contributed by atoms with Crippen LogP contribution >= 0.6 is 0 Å². The van der Waals surface area contributed by atoms with Crippen LogP contribution in [0.4, 0.5) is 0 Å². The van der Waals surface area contributed by atoms with Crippen LogP contribution in [0.3, 0.4) is 0 Å². The molecule has 0 unspecified atom stereocenters. The van der Waals surface area contributed by atoms with E-state index in [1.54, 1.807) is 31.3 Å². The van der Waals surface area contributed by atoms with Gasteiger partial charge in [0.15, 0.2) is 11.5 Å². The molecule has 0 aromatic heterocycles. The molecule has 1 aliphatic rings. The molecule has 3 rings (SSSR count). The molecule has 1 aliphatic heterocycles. The summed E-state index contributed by atoms with van der Waals surface area (Å²) in [6, 6.07) is 11.7. The van der Waals surface area contributed by atoms with Gasteiger partial charge in [-0.15, -0.1) is 0 Å². The lowest BCUT2D eigenvalue weighted by atomic mass is 10.2. The fraction of sp³-hybridized carbons (Fsp3) is 0.250. The fourth-order valence-electron chi connectivity index (χ4n) is 2.31. The SMILES string of the molecule is COc1ccc(S(=O)(=O)N(C)Cc2ccc3c(c2)OCO3)cc1. The summed E-state index contributed by atoms with van der Waals surface area (Å²) in [6.07, 6.45) is 0. The third-order valence-corrected chi connectivity index (χ3v) is 5.43. The van der Waals surface area contributed by atoms with E-state index in [9.17, 15) is 8.42 Å². The number of benzene rings is 2. The Morgan fingerprint density at radius 3 is 2.48 bits per heavy atom. The Morgan fingerprint density at radius 2 is 1.78 bits per heavy atom. The minimum Gasteiger partial charge on any atom is -0.497 e. The first-order valence-electron chi connectivity index (χ1n) is 6.99. The van der Waals surface area contributed by atoms with E-state index in [1.165, 1.54) is 23.5 Å². The smallest absolute Gasteiger partial charge is 0.243 e. The third-order valence-electron chi connectivity index (χ3n) is 3.61. The highest BCUT2D eigenvalue weighted by molar-refractivity contribution is 7.89. The highest BCUT2D eigenvalue weighted by atomic mass is 32.2. The van der Waals surface area contributed by atoms with E-state index in [-0.39, 0.29) is 18.2 Å². The predicted octanol–water partition coefficient (Wildman–Crippen LogP) is 2.24. The summed E-state index contributed by atoms with van der Waals surface area (Å²) >= 11 is 0. The summed E-state index contributed by atoms with van der Waals surface area (Å²) in [6.45, 7) is 0.434. The topological polar surface area (TPSA) is 65.1 Å². The molecule has 0 amide bonds. The Balaban J connectivity index is 1.79. The Hall–Kier alpha value is -2.25. The van der Waals surface area contributed by atoms with Crippen molar-refractivity contribution < 1.29 is 22.6 Å². The Labute approximate surface area is 135 Å². The molecular formula is C16H17NO5S. The van der Waals surface area contributed by atoms with Crippen molar-refractivity contribution in [3.8, 4) is 17.2 Å². The van der Waals surface area contributed by atoms with Crippen LogP contribution in [-0.2, 0) is 16.6 Å². The number of hydrogen-bond donors (Lipinski definition) is 0. The van der Waals surface area contributed by atoms with Crippen molar-refractivity contribution in [3.05, 3.63) is 48.0 Å². The van der Waals surface area contributed by atoms with Crippen molar-refractivity contribution in [2.24, 2.45) is 0 Å². The number of nitrogens with zero attached hydrogens (tertiary/aromatic N) is 1. The molecule has 0 spiro atoms. The number of hydrogen-bond acceptors (Lipinski definition) is 5. The highest BCUT2D eigenvalue weighted by Crippen LogP contribution is 2.33. The summed E-state index contributed by atoms with van der Waals surface area (Å²) < 4.78 is 42.1. The monoisotopic (exact) mass is 335 g/mol. The lowest BCUT2D eigenvalue weighted by Gasteiger charge is -2.17. The van der Waals surface area contributed by atoms with Gasteiger partial charge in [-0.25, -0.2) is 8.42 Å². The van der Waals surface area contributed by atoms with Crippen LogP contribution in [0, 0.1) is 0 Å². The van der Waals surface area contributed by atoms with Gasteiger partial charge in [-0.05, 0) is 42.0 Å². The molecule has 0 fully saturated rings. The molecule has 0 bridgehead atoms. The zero-order valence-electron chi connectivity index (χ0n) is 12.9. The quantitative estimate of drug-likeness (QED) is 0.838. The van der Waals surface area contributed by atoms with Gasteiger partial charge in [-0.2, -0.15) is 4.31 Å². The van der Waals surface area contributed by atoms with Crippen molar-refractivity contribution in [1.29, 1.82) is 0 Å². The number of fused-ring (bicyclic) bond motifs is 1. The molecule has 122 valence electrons. The Kier molecular flexibility index (Phi) is 4.14. The first kappa shape index (κ1) is 15.6. The number of rotatable bonds is 5. The zero-order valence-corrected chi connectivity index (χ0v) is 13.7. The maximum atomic E-state index is 12.6. The van der Waals surface area contributed by atoms with E-state index in [0.29, 0.717) is 17.2 Å². The largest absolute Gasteiger partial charge is 0.497 e. The molecule has 0 saturated heterocycles.